The molecule has 2 heterocycles. The van der Waals surface area contributed by atoms with Crippen LogP contribution in [0.2, 0.25) is 0 Å². The van der Waals surface area contributed by atoms with Crippen LogP contribution in [0.1, 0.15) is 6.92 Å². The number of urea groups is 1. The molecule has 2 fully saturated rings. The summed E-state index contributed by atoms with van der Waals surface area (Å²) in [6.45, 7) is 5.88. The minimum Gasteiger partial charge on any atom is -0.319 e. The van der Waals surface area contributed by atoms with Gasteiger partial charge in [0, 0.05) is 43.8 Å². The zero-order valence-electron chi connectivity index (χ0n) is 10.7. The molecule has 0 aromatic heterocycles. The molecule has 2 aliphatic heterocycles. The number of anilines is 1. The fourth-order valence-electron chi connectivity index (χ4n) is 2.69. The molecule has 1 unspecified atom stereocenters. The highest BCUT2D eigenvalue weighted by Gasteiger charge is 2.37. The molecule has 96 valence electrons. The van der Waals surface area contributed by atoms with Gasteiger partial charge in [-0.1, -0.05) is 18.2 Å². The number of nitrogens with one attached hydrogen (secondary N) is 1. The third-order valence-electron chi connectivity index (χ3n) is 4.10. The topological polar surface area (TPSA) is 35.6 Å². The van der Waals surface area contributed by atoms with Crippen molar-refractivity contribution in [3.63, 3.8) is 0 Å². The van der Waals surface area contributed by atoms with E-state index in [2.05, 4.69) is 12.2 Å². The number of nitrogens with zero attached hydrogens (tertiary/aromatic N) is 2. The van der Waals surface area contributed by atoms with Gasteiger partial charge in [-0.2, -0.15) is 0 Å². The molecule has 3 rings (SSSR count). The van der Waals surface area contributed by atoms with Crippen LogP contribution in [-0.2, 0) is 0 Å². The first-order chi connectivity index (χ1) is 8.77. The van der Waals surface area contributed by atoms with Crippen molar-refractivity contribution in [2.24, 2.45) is 5.92 Å². The molecule has 4 nitrogen and oxygen atoms in total. The summed E-state index contributed by atoms with van der Waals surface area (Å²) in [7, 11) is 0. The van der Waals surface area contributed by atoms with Gasteiger partial charge in [0.1, 0.15) is 0 Å². The third kappa shape index (κ3) is 1.86. The number of hydrogen-bond donors (Lipinski definition) is 1. The van der Waals surface area contributed by atoms with Gasteiger partial charge in [0.05, 0.1) is 0 Å². The van der Waals surface area contributed by atoms with Crippen molar-refractivity contribution in [2.45, 2.75) is 13.0 Å². The van der Waals surface area contributed by atoms with Crippen molar-refractivity contribution < 1.29 is 4.79 Å². The van der Waals surface area contributed by atoms with Crippen molar-refractivity contribution in [2.75, 3.05) is 31.1 Å². The first kappa shape index (κ1) is 11.5. The molecule has 1 N–H and O–H groups in total. The van der Waals surface area contributed by atoms with E-state index < -0.39 is 0 Å². The van der Waals surface area contributed by atoms with Crippen LogP contribution in [0.15, 0.2) is 30.3 Å². The first-order valence-electron chi connectivity index (χ1n) is 6.61. The summed E-state index contributed by atoms with van der Waals surface area (Å²) in [5.41, 5.74) is 1.00. The Morgan fingerprint density at radius 2 is 1.94 bits per heavy atom. The normalized spacial score (nSPS) is 22.2. The molecule has 1 aromatic carbocycles. The van der Waals surface area contributed by atoms with E-state index in [1.165, 1.54) is 0 Å². The van der Waals surface area contributed by atoms with E-state index >= 15 is 0 Å². The average molecular weight is 245 g/mol. The van der Waals surface area contributed by atoms with Crippen LogP contribution in [0, 0.1) is 5.92 Å². The lowest BCUT2D eigenvalue weighted by molar-refractivity contribution is 0.155. The molecule has 0 bridgehead atoms. The van der Waals surface area contributed by atoms with Crippen molar-refractivity contribution >= 4 is 11.7 Å². The van der Waals surface area contributed by atoms with Crippen LogP contribution in [-0.4, -0.2) is 43.2 Å². The van der Waals surface area contributed by atoms with E-state index in [9.17, 15) is 4.79 Å². The second-order valence-corrected chi connectivity index (χ2v) is 5.12. The lowest BCUT2D eigenvalue weighted by Gasteiger charge is -2.37. The largest absolute Gasteiger partial charge is 0.324 e. The van der Waals surface area contributed by atoms with Crippen LogP contribution in [0.5, 0.6) is 0 Å². The number of carbonyl (C=O) groups excluding carboxylic acids is 1. The van der Waals surface area contributed by atoms with Crippen LogP contribution in [0.25, 0.3) is 0 Å². The molecule has 18 heavy (non-hydrogen) atoms. The minimum atomic E-state index is 0.153. The van der Waals surface area contributed by atoms with Gasteiger partial charge in [-0.05, 0) is 19.1 Å². The second kappa shape index (κ2) is 4.61. The zero-order valence-corrected chi connectivity index (χ0v) is 10.7. The predicted octanol–water partition coefficient (Wildman–Crippen LogP) is 1.54. The van der Waals surface area contributed by atoms with Gasteiger partial charge < -0.3 is 10.2 Å². The Hall–Kier alpha value is -1.55. The Kier molecular flexibility index (Phi) is 2.96. The second-order valence-electron chi connectivity index (χ2n) is 5.12. The van der Waals surface area contributed by atoms with E-state index in [0.717, 1.165) is 31.9 Å². The highest BCUT2D eigenvalue weighted by atomic mass is 16.2. The van der Waals surface area contributed by atoms with Gasteiger partial charge >= 0.3 is 6.03 Å². The van der Waals surface area contributed by atoms with Gasteiger partial charge in [0.15, 0.2) is 0 Å². The highest BCUT2D eigenvalue weighted by Crippen LogP contribution is 2.24. The molecule has 4 heteroatoms. The van der Waals surface area contributed by atoms with Gasteiger partial charge in [0.25, 0.3) is 0 Å². The van der Waals surface area contributed by atoms with E-state index in [1.54, 1.807) is 0 Å². The van der Waals surface area contributed by atoms with Gasteiger partial charge in [0.2, 0.25) is 0 Å². The lowest BCUT2D eigenvalue weighted by atomic mass is 9.94. The number of hydrogen-bond acceptors (Lipinski definition) is 2. The fourth-order valence-corrected chi connectivity index (χ4v) is 2.69. The Labute approximate surface area is 108 Å². The van der Waals surface area contributed by atoms with Crippen molar-refractivity contribution in [1.29, 1.82) is 0 Å². The number of amides is 2. The molecule has 0 saturated carbocycles. The van der Waals surface area contributed by atoms with Crippen LogP contribution >= 0.6 is 0 Å². The van der Waals surface area contributed by atoms with Crippen LogP contribution < -0.4 is 10.2 Å². The minimum absolute atomic E-state index is 0.153. The molecule has 0 spiro atoms. The summed E-state index contributed by atoms with van der Waals surface area (Å²) in [4.78, 5) is 16.3. The van der Waals surface area contributed by atoms with Crippen molar-refractivity contribution in [3.8, 4) is 0 Å². The fraction of sp³-hybridized carbons (Fsp3) is 0.500. The zero-order chi connectivity index (χ0) is 12.5. The monoisotopic (exact) mass is 245 g/mol. The quantitative estimate of drug-likeness (QED) is 0.876. The number of carbonyl (C=O) groups is 1. The Bertz CT molecular complexity index is 430. The summed E-state index contributed by atoms with van der Waals surface area (Å²) in [6.07, 6.45) is 0. The summed E-state index contributed by atoms with van der Waals surface area (Å²) >= 11 is 0. The maximum Gasteiger partial charge on any atom is 0.324 e. The van der Waals surface area contributed by atoms with Crippen molar-refractivity contribution in [3.05, 3.63) is 30.3 Å². The third-order valence-corrected chi connectivity index (χ3v) is 4.10. The van der Waals surface area contributed by atoms with Crippen LogP contribution in [0.4, 0.5) is 10.5 Å². The Balaban J connectivity index is 1.72. The molecule has 0 aliphatic carbocycles. The van der Waals surface area contributed by atoms with Crippen LogP contribution in [0.3, 0.4) is 0 Å². The number of rotatable bonds is 3. The SMILES string of the molecule is CC(C1CNC1)N1CCN(c2ccccc2)C1=O. The van der Waals surface area contributed by atoms with Gasteiger partial charge in [-0.25, -0.2) is 4.79 Å². The highest BCUT2D eigenvalue weighted by molar-refractivity contribution is 5.94. The summed E-state index contributed by atoms with van der Waals surface area (Å²) < 4.78 is 0. The molecule has 1 aromatic rings. The van der Waals surface area contributed by atoms with Gasteiger partial charge in [-0.15, -0.1) is 0 Å². The molecular weight excluding hydrogens is 226 g/mol. The summed E-state index contributed by atoms with van der Waals surface area (Å²) in [5, 5.41) is 3.27. The number of para-hydroxylation sites is 1. The van der Waals surface area contributed by atoms with Crippen molar-refractivity contribution in [1.82, 2.24) is 10.2 Å². The molecule has 2 aliphatic rings. The lowest BCUT2D eigenvalue weighted by Crippen LogP contribution is -2.54. The Morgan fingerprint density at radius 3 is 2.56 bits per heavy atom. The molecule has 1 atom stereocenters. The maximum absolute atomic E-state index is 12.4. The van der Waals surface area contributed by atoms with E-state index in [-0.39, 0.29) is 6.03 Å². The Morgan fingerprint density at radius 1 is 1.22 bits per heavy atom. The maximum atomic E-state index is 12.4. The van der Waals surface area contributed by atoms with E-state index in [4.69, 9.17) is 0 Å². The summed E-state index contributed by atoms with van der Waals surface area (Å²) in [5.74, 6) is 0.615. The molecule has 2 amide bonds. The number of benzene rings is 1. The summed E-state index contributed by atoms with van der Waals surface area (Å²) in [6, 6.07) is 10.4. The standard InChI is InChI=1S/C14H19N3O/c1-11(12-9-15-10-12)16-7-8-17(14(16)18)13-5-3-2-4-6-13/h2-6,11-12,15H,7-10H2,1H3. The molecular formula is C14H19N3O. The molecule has 2 saturated heterocycles. The predicted molar refractivity (Wildman–Crippen MR) is 71.7 cm³/mol. The smallest absolute Gasteiger partial charge is 0.319 e. The average Bonchev–Trinajstić information content (AvgIpc) is 2.70. The molecule has 0 radical (unpaired) electrons. The van der Waals surface area contributed by atoms with Gasteiger partial charge in [-0.3, -0.25) is 4.90 Å². The van der Waals surface area contributed by atoms with E-state index in [1.807, 2.05) is 40.1 Å². The van der Waals surface area contributed by atoms with E-state index in [0.29, 0.717) is 12.0 Å². The first-order valence-corrected chi connectivity index (χ1v) is 6.61.